The van der Waals surface area contributed by atoms with Crippen LogP contribution in [0.25, 0.3) is 0 Å². The van der Waals surface area contributed by atoms with E-state index in [0.29, 0.717) is 23.3 Å². The van der Waals surface area contributed by atoms with E-state index < -0.39 is 0 Å². The maximum absolute atomic E-state index is 12.1. The molecule has 4 N–H and O–H groups in total. The first-order chi connectivity index (χ1) is 8.49. The van der Waals surface area contributed by atoms with Gasteiger partial charge in [-0.2, -0.15) is 4.37 Å². The van der Waals surface area contributed by atoms with Gasteiger partial charge in [0.05, 0.1) is 0 Å². The number of nitrogens with two attached hydrogens (primary N) is 1. The zero-order valence-corrected chi connectivity index (χ0v) is 11.8. The lowest BCUT2D eigenvalue weighted by atomic mass is 10.1. The predicted octanol–water partition coefficient (Wildman–Crippen LogP) is 2.07. The molecule has 18 heavy (non-hydrogen) atoms. The van der Waals surface area contributed by atoms with Gasteiger partial charge in [-0.15, -0.1) is 0 Å². The molecule has 1 aromatic rings. The summed E-state index contributed by atoms with van der Waals surface area (Å²) in [6.45, 7) is 6.35. The Balaban J connectivity index is 2.12. The molecule has 5 nitrogen and oxygen atoms in total. The van der Waals surface area contributed by atoms with Crippen molar-refractivity contribution in [3.63, 3.8) is 0 Å². The molecule has 2 rings (SSSR count). The summed E-state index contributed by atoms with van der Waals surface area (Å²) < 4.78 is 4.07. The van der Waals surface area contributed by atoms with Gasteiger partial charge < -0.3 is 16.4 Å². The number of rotatable bonds is 5. The van der Waals surface area contributed by atoms with Crippen LogP contribution in [0.3, 0.4) is 0 Å². The van der Waals surface area contributed by atoms with Crippen molar-refractivity contribution in [2.45, 2.75) is 45.7 Å². The van der Waals surface area contributed by atoms with Crippen LogP contribution in [0.4, 0.5) is 10.8 Å². The van der Waals surface area contributed by atoms with Crippen LogP contribution in [-0.2, 0) is 0 Å². The average Bonchev–Trinajstić information content (AvgIpc) is 3.02. The van der Waals surface area contributed by atoms with Crippen LogP contribution in [-0.4, -0.2) is 22.4 Å². The van der Waals surface area contributed by atoms with Crippen molar-refractivity contribution >= 4 is 28.3 Å². The molecule has 0 aromatic carbocycles. The molecule has 1 aliphatic rings. The smallest absolute Gasteiger partial charge is 0.258 e. The van der Waals surface area contributed by atoms with Crippen LogP contribution < -0.4 is 16.4 Å². The molecule has 1 heterocycles. The maximum Gasteiger partial charge on any atom is 0.258 e. The van der Waals surface area contributed by atoms with Gasteiger partial charge in [0.2, 0.25) is 0 Å². The molecule has 1 aliphatic carbocycles. The minimum atomic E-state index is -0.109. The summed E-state index contributed by atoms with van der Waals surface area (Å²) in [6.07, 6.45) is 2.13. The molecule has 0 bridgehead atoms. The van der Waals surface area contributed by atoms with E-state index in [1.807, 2.05) is 0 Å². The molecule has 0 spiro atoms. The highest BCUT2D eigenvalue weighted by atomic mass is 32.1. The number of hydrogen-bond acceptors (Lipinski definition) is 5. The molecule has 1 atom stereocenters. The minimum absolute atomic E-state index is 0.109. The van der Waals surface area contributed by atoms with Crippen molar-refractivity contribution in [2.75, 3.05) is 11.1 Å². The zero-order chi connectivity index (χ0) is 13.3. The second-order valence-corrected chi connectivity index (χ2v) is 5.97. The summed E-state index contributed by atoms with van der Waals surface area (Å²) in [6, 6.07) is 0.601. The van der Waals surface area contributed by atoms with Gasteiger partial charge in [0.25, 0.3) is 5.91 Å². The summed E-state index contributed by atoms with van der Waals surface area (Å²) in [4.78, 5) is 12.1. The van der Waals surface area contributed by atoms with E-state index in [4.69, 9.17) is 5.73 Å². The molecule has 0 saturated heterocycles. The Morgan fingerprint density at radius 3 is 2.67 bits per heavy atom. The number of nitrogen functional groups attached to an aromatic ring is 1. The Morgan fingerprint density at radius 1 is 1.44 bits per heavy atom. The first-order valence-corrected chi connectivity index (χ1v) is 7.09. The SMILES string of the molecule is CC(C)C(C)Nc1snc(N)c1C(=O)NC1CC1. The van der Waals surface area contributed by atoms with Crippen LogP contribution >= 0.6 is 11.5 Å². The van der Waals surface area contributed by atoms with Crippen LogP contribution in [0.1, 0.15) is 44.0 Å². The first kappa shape index (κ1) is 13.1. The molecule has 1 amide bonds. The molecular formula is C12H20N4OS. The van der Waals surface area contributed by atoms with E-state index in [-0.39, 0.29) is 11.9 Å². The van der Waals surface area contributed by atoms with Gasteiger partial charge in [0, 0.05) is 12.1 Å². The normalized spacial score (nSPS) is 16.7. The Labute approximate surface area is 111 Å². The number of nitrogens with one attached hydrogen (secondary N) is 2. The highest BCUT2D eigenvalue weighted by Crippen LogP contribution is 2.29. The summed E-state index contributed by atoms with van der Waals surface area (Å²) in [5.74, 6) is 0.687. The number of nitrogens with zero attached hydrogens (tertiary/aromatic N) is 1. The van der Waals surface area contributed by atoms with Crippen molar-refractivity contribution < 1.29 is 4.79 Å². The van der Waals surface area contributed by atoms with Gasteiger partial charge in [-0.05, 0) is 37.2 Å². The van der Waals surface area contributed by atoms with Gasteiger partial charge in [-0.1, -0.05) is 13.8 Å². The minimum Gasteiger partial charge on any atom is -0.382 e. The van der Waals surface area contributed by atoms with Crippen molar-refractivity contribution in [3.05, 3.63) is 5.56 Å². The molecule has 0 radical (unpaired) electrons. The number of aromatic nitrogens is 1. The lowest BCUT2D eigenvalue weighted by Crippen LogP contribution is -2.28. The molecule has 100 valence electrons. The van der Waals surface area contributed by atoms with E-state index >= 15 is 0 Å². The lowest BCUT2D eigenvalue weighted by molar-refractivity contribution is 0.0953. The quantitative estimate of drug-likeness (QED) is 0.763. The standard InChI is InChI=1S/C12H20N4OS/c1-6(2)7(3)14-12-9(10(13)16-18-12)11(17)15-8-4-5-8/h6-8,14H,4-5H2,1-3H3,(H2,13,16)(H,15,17). The van der Waals surface area contributed by atoms with Crippen LogP contribution in [0, 0.1) is 5.92 Å². The zero-order valence-electron chi connectivity index (χ0n) is 11.0. The largest absolute Gasteiger partial charge is 0.382 e. The molecule has 1 saturated carbocycles. The second kappa shape index (κ2) is 5.14. The Bertz CT molecular complexity index is 439. The van der Waals surface area contributed by atoms with Crippen LogP contribution in [0.5, 0.6) is 0 Å². The maximum atomic E-state index is 12.1. The van der Waals surface area contributed by atoms with Gasteiger partial charge in [0.15, 0.2) is 5.82 Å². The third-order valence-electron chi connectivity index (χ3n) is 3.22. The monoisotopic (exact) mass is 268 g/mol. The van der Waals surface area contributed by atoms with Crippen molar-refractivity contribution in [3.8, 4) is 0 Å². The van der Waals surface area contributed by atoms with E-state index in [9.17, 15) is 4.79 Å². The fraction of sp³-hybridized carbons (Fsp3) is 0.667. The highest BCUT2D eigenvalue weighted by Gasteiger charge is 2.27. The lowest BCUT2D eigenvalue weighted by Gasteiger charge is -2.18. The molecule has 0 aliphatic heterocycles. The number of hydrogen-bond donors (Lipinski definition) is 3. The Kier molecular flexibility index (Phi) is 3.75. The van der Waals surface area contributed by atoms with Crippen molar-refractivity contribution in [2.24, 2.45) is 5.92 Å². The second-order valence-electron chi connectivity index (χ2n) is 5.20. The third kappa shape index (κ3) is 2.93. The fourth-order valence-corrected chi connectivity index (χ4v) is 2.29. The Hall–Kier alpha value is -1.30. The number of amides is 1. The molecule has 6 heteroatoms. The number of carbonyl (C=O) groups excluding carboxylic acids is 1. The average molecular weight is 268 g/mol. The fourth-order valence-electron chi connectivity index (χ4n) is 1.48. The van der Waals surface area contributed by atoms with Crippen LogP contribution in [0.15, 0.2) is 0 Å². The highest BCUT2D eigenvalue weighted by molar-refractivity contribution is 7.11. The third-order valence-corrected chi connectivity index (χ3v) is 4.01. The van der Waals surface area contributed by atoms with Crippen LogP contribution in [0.2, 0.25) is 0 Å². The van der Waals surface area contributed by atoms with Crippen molar-refractivity contribution in [1.82, 2.24) is 9.69 Å². The molecule has 1 aromatic heterocycles. The predicted molar refractivity (Wildman–Crippen MR) is 74.9 cm³/mol. The summed E-state index contributed by atoms with van der Waals surface area (Å²) in [5, 5.41) is 7.04. The van der Waals surface area contributed by atoms with E-state index in [1.165, 1.54) is 11.5 Å². The van der Waals surface area contributed by atoms with Gasteiger partial charge in [-0.3, -0.25) is 4.79 Å². The van der Waals surface area contributed by atoms with Gasteiger partial charge in [-0.25, -0.2) is 0 Å². The van der Waals surface area contributed by atoms with E-state index in [1.54, 1.807) is 0 Å². The number of carbonyl (C=O) groups is 1. The summed E-state index contributed by atoms with van der Waals surface area (Å²) in [7, 11) is 0. The topological polar surface area (TPSA) is 80.0 Å². The summed E-state index contributed by atoms with van der Waals surface area (Å²) in [5.41, 5.74) is 6.29. The molecule has 1 unspecified atom stereocenters. The molecule has 1 fully saturated rings. The molecular weight excluding hydrogens is 248 g/mol. The van der Waals surface area contributed by atoms with Gasteiger partial charge in [0.1, 0.15) is 10.6 Å². The van der Waals surface area contributed by atoms with E-state index in [2.05, 4.69) is 35.8 Å². The first-order valence-electron chi connectivity index (χ1n) is 6.31. The van der Waals surface area contributed by atoms with Crippen molar-refractivity contribution in [1.29, 1.82) is 0 Å². The number of anilines is 2. The van der Waals surface area contributed by atoms with E-state index in [0.717, 1.165) is 17.8 Å². The summed E-state index contributed by atoms with van der Waals surface area (Å²) >= 11 is 1.25. The Morgan fingerprint density at radius 2 is 2.11 bits per heavy atom. The van der Waals surface area contributed by atoms with Gasteiger partial charge >= 0.3 is 0 Å².